The number of carbonyl (C=O) groups is 3. The lowest BCUT2D eigenvalue weighted by Gasteiger charge is -2.31. The van der Waals surface area contributed by atoms with Gasteiger partial charge in [0.25, 0.3) is 0 Å². The van der Waals surface area contributed by atoms with Crippen molar-refractivity contribution in [1.82, 2.24) is 15.2 Å². The topological polar surface area (TPSA) is 123 Å². The highest BCUT2D eigenvalue weighted by Gasteiger charge is 2.68. The lowest BCUT2D eigenvalue weighted by molar-refractivity contribution is -0.151. The van der Waals surface area contributed by atoms with Gasteiger partial charge in [-0.05, 0) is 34.9 Å². The fourth-order valence-electron chi connectivity index (χ4n) is 6.31. The van der Waals surface area contributed by atoms with Crippen LogP contribution >= 0.6 is 11.3 Å². The van der Waals surface area contributed by atoms with E-state index in [0.717, 1.165) is 26.9 Å². The molecule has 2 aliphatic rings. The predicted molar refractivity (Wildman–Crippen MR) is 149 cm³/mol. The Morgan fingerprint density at radius 1 is 1.10 bits per heavy atom. The highest BCUT2D eigenvalue weighted by Crippen LogP contribution is 2.50. The van der Waals surface area contributed by atoms with Crippen molar-refractivity contribution in [1.29, 1.82) is 5.26 Å². The summed E-state index contributed by atoms with van der Waals surface area (Å²) in [7, 11) is 0. The van der Waals surface area contributed by atoms with Crippen LogP contribution in [0.25, 0.3) is 10.8 Å². The van der Waals surface area contributed by atoms with Gasteiger partial charge in [-0.25, -0.2) is 4.98 Å². The van der Waals surface area contributed by atoms with E-state index in [0.29, 0.717) is 17.5 Å². The standard InChI is InChI=1S/C31H26N4O4S/c1-18-24(40-17-33-18)12-13-35-28(36)25-26(29(35)37)31(30(38)39,34-27(25)23-9-5-4-8-22(23)16-32)15-19-10-11-20-6-2-3-7-21(20)14-19/h2-11,14,17,25-27,34H,12-13,15H2,1H3,(H,38,39). The normalized spacial score (nSPS) is 23.9. The van der Waals surface area contributed by atoms with Crippen LogP contribution in [0.4, 0.5) is 0 Å². The van der Waals surface area contributed by atoms with Crippen molar-refractivity contribution in [3.05, 3.63) is 99.5 Å². The van der Waals surface area contributed by atoms with Crippen LogP contribution in [0, 0.1) is 30.1 Å². The first-order valence-corrected chi connectivity index (χ1v) is 13.9. The monoisotopic (exact) mass is 550 g/mol. The first-order chi connectivity index (χ1) is 19.3. The number of nitriles is 1. The van der Waals surface area contributed by atoms with Gasteiger partial charge in [0.2, 0.25) is 11.8 Å². The number of nitrogens with one attached hydrogen (secondary N) is 1. The Kier molecular flexibility index (Phi) is 6.45. The molecular weight excluding hydrogens is 524 g/mol. The molecule has 2 aliphatic heterocycles. The van der Waals surface area contributed by atoms with Gasteiger partial charge in [0.1, 0.15) is 5.54 Å². The van der Waals surface area contributed by atoms with Gasteiger partial charge >= 0.3 is 5.97 Å². The van der Waals surface area contributed by atoms with E-state index < -0.39 is 41.2 Å². The third kappa shape index (κ3) is 4.08. The van der Waals surface area contributed by atoms with Crippen molar-refractivity contribution in [2.24, 2.45) is 11.8 Å². The Hall–Kier alpha value is -4.39. The molecule has 2 saturated heterocycles. The van der Waals surface area contributed by atoms with Crippen molar-refractivity contribution >= 4 is 39.9 Å². The van der Waals surface area contributed by atoms with Crippen LogP contribution in [0.2, 0.25) is 0 Å². The molecule has 4 unspecified atom stereocenters. The van der Waals surface area contributed by atoms with E-state index in [9.17, 15) is 24.8 Å². The number of nitrogens with zero attached hydrogens (tertiary/aromatic N) is 3. The third-order valence-corrected chi connectivity index (χ3v) is 9.24. The summed E-state index contributed by atoms with van der Waals surface area (Å²) in [5.74, 6) is -4.20. The summed E-state index contributed by atoms with van der Waals surface area (Å²) in [6.07, 6.45) is 0.450. The lowest BCUT2D eigenvalue weighted by atomic mass is 9.76. The van der Waals surface area contributed by atoms with Crippen molar-refractivity contribution in [3.63, 3.8) is 0 Å². The van der Waals surface area contributed by atoms with E-state index in [1.807, 2.05) is 49.4 Å². The first-order valence-electron chi connectivity index (χ1n) is 13.1. The van der Waals surface area contributed by atoms with Crippen LogP contribution in [-0.2, 0) is 27.2 Å². The number of rotatable bonds is 7. The summed E-state index contributed by atoms with van der Waals surface area (Å²) in [5, 5.41) is 25.8. The van der Waals surface area contributed by atoms with Crippen LogP contribution < -0.4 is 5.32 Å². The van der Waals surface area contributed by atoms with E-state index in [-0.39, 0.29) is 13.0 Å². The molecule has 3 aromatic carbocycles. The average Bonchev–Trinajstić information content (AvgIpc) is 3.61. The Morgan fingerprint density at radius 2 is 1.85 bits per heavy atom. The van der Waals surface area contributed by atoms with Crippen molar-refractivity contribution in [2.75, 3.05) is 6.54 Å². The number of fused-ring (bicyclic) bond motifs is 2. The maximum Gasteiger partial charge on any atom is 0.325 e. The number of carbonyl (C=O) groups excluding carboxylic acids is 2. The molecule has 0 aliphatic carbocycles. The summed E-state index contributed by atoms with van der Waals surface area (Å²) in [4.78, 5) is 47.6. The highest BCUT2D eigenvalue weighted by atomic mass is 32.1. The van der Waals surface area contributed by atoms with Gasteiger partial charge in [-0.1, -0.05) is 60.7 Å². The summed E-state index contributed by atoms with van der Waals surface area (Å²) in [6, 6.07) is 21.7. The summed E-state index contributed by atoms with van der Waals surface area (Å²) in [5.41, 5.74) is 2.42. The molecule has 4 aromatic rings. The summed E-state index contributed by atoms with van der Waals surface area (Å²) < 4.78 is 0. The number of hydrogen-bond donors (Lipinski definition) is 2. The minimum absolute atomic E-state index is 0.000365. The Labute approximate surface area is 234 Å². The summed E-state index contributed by atoms with van der Waals surface area (Å²) >= 11 is 1.46. The van der Waals surface area contributed by atoms with E-state index in [4.69, 9.17) is 0 Å². The molecule has 0 spiro atoms. The minimum Gasteiger partial charge on any atom is -0.480 e. The number of carboxylic acid groups (broad SMARTS) is 1. The van der Waals surface area contributed by atoms with Gasteiger partial charge in [-0.15, -0.1) is 11.3 Å². The molecule has 0 bridgehead atoms. The van der Waals surface area contributed by atoms with Crippen molar-refractivity contribution < 1.29 is 19.5 Å². The number of thiazole rings is 1. The largest absolute Gasteiger partial charge is 0.480 e. The zero-order valence-corrected chi connectivity index (χ0v) is 22.5. The Balaban J connectivity index is 1.44. The van der Waals surface area contributed by atoms with E-state index >= 15 is 0 Å². The van der Waals surface area contributed by atoms with E-state index in [1.54, 1.807) is 29.8 Å². The zero-order valence-electron chi connectivity index (χ0n) is 21.7. The molecule has 4 atom stereocenters. The SMILES string of the molecule is Cc1ncsc1CCN1C(=O)C2C(c3ccccc3C#N)NC(Cc3ccc4ccccc4c3)(C(=O)O)C2C1=O. The van der Waals surface area contributed by atoms with Gasteiger partial charge in [-0.2, -0.15) is 5.26 Å². The number of likely N-dealkylation sites (tertiary alicyclic amines) is 1. The van der Waals surface area contributed by atoms with E-state index in [2.05, 4.69) is 16.4 Å². The molecular formula is C31H26N4O4S. The number of aromatic nitrogens is 1. The second-order valence-electron chi connectivity index (χ2n) is 10.4. The van der Waals surface area contributed by atoms with Gasteiger partial charge in [0.05, 0.1) is 34.7 Å². The molecule has 6 rings (SSSR count). The molecule has 1 aromatic heterocycles. The fourth-order valence-corrected chi connectivity index (χ4v) is 7.08. The van der Waals surface area contributed by atoms with Gasteiger partial charge in [0, 0.05) is 30.3 Å². The molecule has 40 heavy (non-hydrogen) atoms. The van der Waals surface area contributed by atoms with Gasteiger partial charge in [0.15, 0.2) is 0 Å². The molecule has 0 radical (unpaired) electrons. The molecule has 2 amide bonds. The second kappa shape index (κ2) is 9.97. The molecule has 8 nitrogen and oxygen atoms in total. The molecule has 2 N–H and O–H groups in total. The van der Waals surface area contributed by atoms with Crippen molar-refractivity contribution in [2.45, 2.75) is 31.3 Å². The van der Waals surface area contributed by atoms with Crippen LogP contribution in [0.5, 0.6) is 0 Å². The summed E-state index contributed by atoms with van der Waals surface area (Å²) in [6.45, 7) is 2.03. The molecule has 9 heteroatoms. The van der Waals surface area contributed by atoms with E-state index in [1.165, 1.54) is 16.2 Å². The predicted octanol–water partition coefficient (Wildman–Crippen LogP) is 4.03. The number of aliphatic carboxylic acids is 1. The number of benzene rings is 3. The van der Waals surface area contributed by atoms with Gasteiger partial charge < -0.3 is 5.11 Å². The maximum atomic E-state index is 14.0. The number of hydrogen-bond acceptors (Lipinski definition) is 7. The maximum absolute atomic E-state index is 14.0. The number of imide groups is 1. The minimum atomic E-state index is -1.75. The first kappa shape index (κ1) is 25.9. The van der Waals surface area contributed by atoms with Crippen LogP contribution in [0.3, 0.4) is 0 Å². The quantitative estimate of drug-likeness (QED) is 0.333. The molecule has 2 fully saturated rings. The molecule has 3 heterocycles. The fraction of sp³-hybridized carbons (Fsp3) is 0.258. The Morgan fingerprint density at radius 3 is 2.58 bits per heavy atom. The van der Waals surface area contributed by atoms with Crippen LogP contribution in [0.15, 0.2) is 72.2 Å². The van der Waals surface area contributed by atoms with Gasteiger partial charge in [-0.3, -0.25) is 24.6 Å². The zero-order chi connectivity index (χ0) is 28.0. The van der Waals surface area contributed by atoms with Crippen LogP contribution in [-0.4, -0.2) is 44.9 Å². The molecule has 200 valence electrons. The van der Waals surface area contributed by atoms with Crippen molar-refractivity contribution in [3.8, 4) is 6.07 Å². The Bertz CT molecular complexity index is 1710. The number of carboxylic acids is 1. The third-order valence-electron chi connectivity index (χ3n) is 8.25. The number of amides is 2. The molecule has 0 saturated carbocycles. The average molecular weight is 551 g/mol. The van der Waals surface area contributed by atoms with Crippen LogP contribution in [0.1, 0.15) is 33.3 Å². The second-order valence-corrected chi connectivity index (χ2v) is 11.3. The lowest BCUT2D eigenvalue weighted by Crippen LogP contribution is -2.57. The highest BCUT2D eigenvalue weighted by molar-refractivity contribution is 7.09. The smallest absolute Gasteiger partial charge is 0.325 e. The number of aryl methyl sites for hydroxylation is 1.